The number of dihydropyridines is 1. The Hall–Kier alpha value is -4.22. The molecule has 0 aliphatic carbocycles. The fourth-order valence-electron chi connectivity index (χ4n) is 3.85. The average Bonchev–Trinajstić information content (AvgIpc) is 3.37. The second-order valence-corrected chi connectivity index (χ2v) is 8.98. The lowest BCUT2D eigenvalue weighted by Crippen LogP contribution is -2.31. The molecule has 1 unspecified atom stereocenters. The summed E-state index contributed by atoms with van der Waals surface area (Å²) in [6.07, 6.45) is 1.51. The zero-order chi connectivity index (χ0) is 24.8. The molecule has 0 saturated carbocycles. The summed E-state index contributed by atoms with van der Waals surface area (Å²) in [5.74, 6) is -0.678. The highest BCUT2D eigenvalue weighted by Crippen LogP contribution is 2.41. The number of para-hydroxylation sites is 1. The molecule has 1 aliphatic rings. The van der Waals surface area contributed by atoms with Crippen LogP contribution in [0.2, 0.25) is 0 Å². The van der Waals surface area contributed by atoms with Gasteiger partial charge in [0.2, 0.25) is 5.91 Å². The van der Waals surface area contributed by atoms with Gasteiger partial charge in [0.25, 0.3) is 5.91 Å². The van der Waals surface area contributed by atoms with Gasteiger partial charge in [0.15, 0.2) is 0 Å². The quantitative estimate of drug-likeness (QED) is 0.420. The second kappa shape index (κ2) is 10.8. The second-order valence-electron chi connectivity index (χ2n) is 7.99. The molecule has 7 nitrogen and oxygen atoms in total. The van der Waals surface area contributed by atoms with Crippen LogP contribution in [0.5, 0.6) is 0 Å². The largest absolute Gasteiger partial charge is 0.468 e. The fourth-order valence-corrected chi connectivity index (χ4v) is 4.74. The zero-order valence-corrected chi connectivity index (χ0v) is 20.1. The molecular formula is C27H24N4O3S. The number of carbonyl (C=O) groups excluding carboxylic acids is 2. The molecule has 1 atom stereocenters. The number of carbonyl (C=O) groups is 2. The minimum atomic E-state index is -0.708. The van der Waals surface area contributed by atoms with Gasteiger partial charge in [-0.2, -0.15) is 5.26 Å². The van der Waals surface area contributed by atoms with Crippen molar-refractivity contribution in [1.82, 2.24) is 5.32 Å². The highest BCUT2D eigenvalue weighted by molar-refractivity contribution is 8.03. The summed E-state index contributed by atoms with van der Waals surface area (Å²) >= 11 is 1.21. The number of benzene rings is 2. The lowest BCUT2D eigenvalue weighted by molar-refractivity contribution is -0.114. The summed E-state index contributed by atoms with van der Waals surface area (Å²) in [5.41, 5.74) is 3.66. The van der Waals surface area contributed by atoms with Gasteiger partial charge in [0, 0.05) is 17.1 Å². The van der Waals surface area contributed by atoms with Crippen LogP contribution < -0.4 is 16.0 Å². The van der Waals surface area contributed by atoms with Crippen LogP contribution in [-0.2, 0) is 9.59 Å². The topological polar surface area (TPSA) is 107 Å². The van der Waals surface area contributed by atoms with E-state index in [9.17, 15) is 14.9 Å². The van der Waals surface area contributed by atoms with Crippen molar-refractivity contribution in [3.63, 3.8) is 0 Å². The van der Waals surface area contributed by atoms with E-state index in [1.165, 1.54) is 18.0 Å². The molecule has 0 saturated heterocycles. The Balaban J connectivity index is 1.59. The van der Waals surface area contributed by atoms with Crippen molar-refractivity contribution in [2.24, 2.45) is 0 Å². The van der Waals surface area contributed by atoms with Crippen LogP contribution >= 0.6 is 11.8 Å². The first-order chi connectivity index (χ1) is 17.0. The monoisotopic (exact) mass is 484 g/mol. The van der Waals surface area contributed by atoms with Crippen LogP contribution in [0.1, 0.15) is 24.2 Å². The van der Waals surface area contributed by atoms with E-state index in [1.54, 1.807) is 31.2 Å². The normalized spacial score (nSPS) is 15.3. The van der Waals surface area contributed by atoms with E-state index in [0.29, 0.717) is 39.0 Å². The highest BCUT2D eigenvalue weighted by atomic mass is 32.2. The number of nitriles is 1. The number of hydrogen-bond donors (Lipinski definition) is 3. The maximum atomic E-state index is 13.4. The van der Waals surface area contributed by atoms with E-state index in [1.807, 2.05) is 49.4 Å². The number of amides is 2. The molecule has 0 fully saturated rings. The minimum absolute atomic E-state index is 0.0887. The summed E-state index contributed by atoms with van der Waals surface area (Å²) in [4.78, 5) is 25.9. The Morgan fingerprint density at radius 2 is 1.80 bits per heavy atom. The third-order valence-electron chi connectivity index (χ3n) is 5.40. The number of thioether (sulfide) groups is 1. The summed E-state index contributed by atoms with van der Waals surface area (Å²) in [5, 5.41) is 19.5. The minimum Gasteiger partial charge on any atom is -0.468 e. The van der Waals surface area contributed by atoms with Crippen LogP contribution in [0.4, 0.5) is 11.4 Å². The number of aryl methyl sites for hydroxylation is 1. The Morgan fingerprint density at radius 1 is 1.03 bits per heavy atom. The van der Waals surface area contributed by atoms with E-state index in [4.69, 9.17) is 4.42 Å². The zero-order valence-electron chi connectivity index (χ0n) is 19.3. The van der Waals surface area contributed by atoms with Crippen molar-refractivity contribution in [2.45, 2.75) is 19.8 Å². The maximum Gasteiger partial charge on any atom is 0.254 e. The van der Waals surface area contributed by atoms with Crippen molar-refractivity contribution in [1.29, 1.82) is 5.26 Å². The van der Waals surface area contributed by atoms with Gasteiger partial charge < -0.3 is 20.4 Å². The number of rotatable bonds is 7. The molecule has 2 heterocycles. The van der Waals surface area contributed by atoms with Gasteiger partial charge in [-0.1, -0.05) is 42.1 Å². The highest BCUT2D eigenvalue weighted by Gasteiger charge is 2.36. The Bertz CT molecular complexity index is 1340. The first kappa shape index (κ1) is 23.9. The standard InChI is InChI=1S/C27H24N4O3S/c1-17-8-6-11-20(14-17)31-26(33)24-18(2)29-27(21(15-28)25(24)22-12-7-13-34-22)35-16-23(32)30-19-9-4-3-5-10-19/h3-14,25,29H,16H2,1-2H3,(H,30,32)(H,31,33). The van der Waals surface area contributed by atoms with E-state index in [2.05, 4.69) is 22.0 Å². The molecule has 35 heavy (non-hydrogen) atoms. The molecular weight excluding hydrogens is 460 g/mol. The van der Waals surface area contributed by atoms with Crippen LogP contribution in [0, 0.1) is 18.3 Å². The Kier molecular flexibility index (Phi) is 7.38. The third-order valence-corrected chi connectivity index (χ3v) is 6.42. The van der Waals surface area contributed by atoms with Gasteiger partial charge >= 0.3 is 0 Å². The molecule has 8 heteroatoms. The van der Waals surface area contributed by atoms with Crippen LogP contribution in [0.3, 0.4) is 0 Å². The predicted molar refractivity (Wildman–Crippen MR) is 137 cm³/mol. The molecule has 3 N–H and O–H groups in total. The van der Waals surface area contributed by atoms with Crippen LogP contribution in [0.15, 0.2) is 99.3 Å². The van der Waals surface area contributed by atoms with Crippen molar-refractivity contribution in [3.8, 4) is 6.07 Å². The van der Waals surface area contributed by atoms with Gasteiger partial charge in [-0.15, -0.1) is 0 Å². The summed E-state index contributed by atoms with van der Waals surface area (Å²) < 4.78 is 5.64. The Labute approximate surface area is 207 Å². The van der Waals surface area contributed by atoms with Crippen LogP contribution in [0.25, 0.3) is 0 Å². The molecule has 4 rings (SSSR count). The lowest BCUT2D eigenvalue weighted by Gasteiger charge is -2.28. The molecule has 2 aromatic carbocycles. The van der Waals surface area contributed by atoms with Crippen molar-refractivity contribution < 1.29 is 14.0 Å². The fraction of sp³-hybridized carbons (Fsp3) is 0.148. The van der Waals surface area contributed by atoms with Gasteiger partial charge in [0.1, 0.15) is 5.76 Å². The predicted octanol–water partition coefficient (Wildman–Crippen LogP) is 5.29. The molecule has 176 valence electrons. The molecule has 0 spiro atoms. The van der Waals surface area contributed by atoms with E-state index >= 15 is 0 Å². The molecule has 0 bridgehead atoms. The average molecular weight is 485 g/mol. The summed E-state index contributed by atoms with van der Waals surface area (Å²) in [6, 6.07) is 22.4. The van der Waals surface area contributed by atoms with Crippen molar-refractivity contribution >= 4 is 35.0 Å². The molecule has 0 radical (unpaired) electrons. The SMILES string of the molecule is CC1=C(C(=O)Nc2cccc(C)c2)C(c2ccco2)C(C#N)=C(SCC(=O)Nc2ccccc2)N1. The maximum absolute atomic E-state index is 13.4. The molecule has 2 amide bonds. The number of allylic oxidation sites excluding steroid dienone is 2. The number of anilines is 2. The Morgan fingerprint density at radius 3 is 2.49 bits per heavy atom. The number of nitrogens with zero attached hydrogens (tertiary/aromatic N) is 1. The van der Waals surface area contributed by atoms with E-state index in [0.717, 1.165) is 5.56 Å². The van der Waals surface area contributed by atoms with Crippen LogP contribution in [-0.4, -0.2) is 17.6 Å². The van der Waals surface area contributed by atoms with Gasteiger partial charge in [-0.05, 0) is 55.8 Å². The lowest BCUT2D eigenvalue weighted by atomic mass is 9.85. The number of furan rings is 1. The number of nitrogens with one attached hydrogen (secondary N) is 3. The van der Waals surface area contributed by atoms with Crippen molar-refractivity contribution in [2.75, 3.05) is 16.4 Å². The van der Waals surface area contributed by atoms with Gasteiger partial charge in [-0.3, -0.25) is 9.59 Å². The molecule has 1 aromatic heterocycles. The van der Waals surface area contributed by atoms with Gasteiger partial charge in [0.05, 0.1) is 40.2 Å². The first-order valence-corrected chi connectivity index (χ1v) is 12.0. The smallest absolute Gasteiger partial charge is 0.254 e. The third kappa shape index (κ3) is 5.65. The van der Waals surface area contributed by atoms with E-state index < -0.39 is 5.92 Å². The van der Waals surface area contributed by atoms with E-state index in [-0.39, 0.29) is 17.6 Å². The first-order valence-electron chi connectivity index (χ1n) is 11.0. The van der Waals surface area contributed by atoms with Crippen molar-refractivity contribution in [3.05, 3.63) is 106 Å². The molecule has 1 aliphatic heterocycles. The number of hydrogen-bond acceptors (Lipinski definition) is 6. The molecule has 3 aromatic rings. The summed E-state index contributed by atoms with van der Waals surface area (Å²) in [7, 11) is 0. The summed E-state index contributed by atoms with van der Waals surface area (Å²) in [6.45, 7) is 3.72. The van der Waals surface area contributed by atoms with Gasteiger partial charge in [-0.25, -0.2) is 0 Å².